The lowest BCUT2D eigenvalue weighted by atomic mass is 9.94. The van der Waals surface area contributed by atoms with E-state index in [9.17, 15) is 9.59 Å². The van der Waals surface area contributed by atoms with Crippen molar-refractivity contribution in [2.75, 3.05) is 18.5 Å². The fraction of sp³-hybridized carbons (Fsp3) is 0.600. The predicted octanol–water partition coefficient (Wildman–Crippen LogP) is 2.56. The van der Waals surface area contributed by atoms with E-state index in [0.29, 0.717) is 23.1 Å². The average molecular weight is 310 g/mol. The van der Waals surface area contributed by atoms with Gasteiger partial charge in [0.05, 0.1) is 18.2 Å². The average Bonchev–Trinajstić information content (AvgIpc) is 2.80. The number of carbonyl (C=O) groups excluding carboxylic acids is 2. The molecule has 21 heavy (non-hydrogen) atoms. The van der Waals surface area contributed by atoms with Crippen molar-refractivity contribution in [3.05, 3.63) is 16.5 Å². The number of amides is 1. The summed E-state index contributed by atoms with van der Waals surface area (Å²) in [4.78, 5) is 25.2. The van der Waals surface area contributed by atoms with E-state index < -0.39 is 0 Å². The largest absolute Gasteiger partial charge is 0.462 e. The normalized spacial score (nSPS) is 21.9. The van der Waals surface area contributed by atoms with E-state index in [1.807, 2.05) is 6.92 Å². The third-order valence-electron chi connectivity index (χ3n) is 3.57. The van der Waals surface area contributed by atoms with Gasteiger partial charge in [0.1, 0.15) is 5.00 Å². The number of piperidine rings is 1. The maximum atomic E-state index is 12.3. The van der Waals surface area contributed by atoms with Gasteiger partial charge in [0.15, 0.2) is 0 Å². The molecule has 2 atom stereocenters. The maximum absolute atomic E-state index is 12.3. The summed E-state index contributed by atoms with van der Waals surface area (Å²) in [5, 5.41) is 6.68. The van der Waals surface area contributed by atoms with Crippen LogP contribution in [0.25, 0.3) is 0 Å². The topological polar surface area (TPSA) is 67.4 Å². The van der Waals surface area contributed by atoms with Crippen LogP contribution in [0.2, 0.25) is 0 Å². The Kier molecular flexibility index (Phi) is 5.36. The lowest BCUT2D eigenvalue weighted by molar-refractivity contribution is -0.118. The number of rotatable bonds is 4. The molecular weight excluding hydrogens is 288 g/mol. The van der Waals surface area contributed by atoms with Crippen molar-refractivity contribution in [2.24, 2.45) is 5.92 Å². The second-order valence-electron chi connectivity index (χ2n) is 5.45. The van der Waals surface area contributed by atoms with Gasteiger partial charge < -0.3 is 15.4 Å². The molecule has 0 aromatic carbocycles. The quantitative estimate of drug-likeness (QED) is 0.839. The molecule has 2 N–H and O–H groups in total. The van der Waals surface area contributed by atoms with Crippen LogP contribution in [0.15, 0.2) is 6.07 Å². The summed E-state index contributed by atoms with van der Waals surface area (Å²) in [5.41, 5.74) is 0.441. The molecule has 2 heterocycles. The third-order valence-corrected chi connectivity index (χ3v) is 4.54. The molecule has 1 aliphatic heterocycles. The van der Waals surface area contributed by atoms with Crippen LogP contribution in [-0.2, 0) is 9.53 Å². The predicted molar refractivity (Wildman–Crippen MR) is 83.8 cm³/mol. The number of anilines is 1. The molecule has 0 bridgehead atoms. The summed E-state index contributed by atoms with van der Waals surface area (Å²) < 4.78 is 5.03. The molecule has 0 aliphatic carbocycles. The van der Waals surface area contributed by atoms with Gasteiger partial charge >= 0.3 is 5.97 Å². The van der Waals surface area contributed by atoms with Crippen molar-refractivity contribution in [1.29, 1.82) is 0 Å². The van der Waals surface area contributed by atoms with E-state index in [1.54, 1.807) is 13.0 Å². The van der Waals surface area contributed by atoms with E-state index in [1.165, 1.54) is 11.3 Å². The van der Waals surface area contributed by atoms with E-state index >= 15 is 0 Å². The Labute approximate surface area is 129 Å². The number of hydrogen-bond donors (Lipinski definition) is 2. The van der Waals surface area contributed by atoms with Crippen molar-refractivity contribution in [3.63, 3.8) is 0 Å². The summed E-state index contributed by atoms with van der Waals surface area (Å²) in [6.07, 6.45) is 1.92. The zero-order valence-corrected chi connectivity index (χ0v) is 13.5. The number of hydrogen-bond acceptors (Lipinski definition) is 5. The van der Waals surface area contributed by atoms with Crippen LogP contribution in [0.4, 0.5) is 5.00 Å². The molecule has 2 rings (SSSR count). The molecule has 1 fully saturated rings. The minimum Gasteiger partial charge on any atom is -0.462 e. The van der Waals surface area contributed by atoms with Crippen LogP contribution in [0.1, 0.15) is 41.9 Å². The first-order valence-electron chi connectivity index (χ1n) is 7.33. The number of thiophene rings is 1. The monoisotopic (exact) mass is 310 g/mol. The lowest BCUT2D eigenvalue weighted by Crippen LogP contribution is -2.45. The molecule has 0 spiro atoms. The minimum atomic E-state index is -0.387. The van der Waals surface area contributed by atoms with Crippen molar-refractivity contribution < 1.29 is 14.3 Å². The molecule has 0 saturated carbocycles. The van der Waals surface area contributed by atoms with Crippen LogP contribution in [0, 0.1) is 12.8 Å². The van der Waals surface area contributed by atoms with Crippen molar-refractivity contribution in [1.82, 2.24) is 5.32 Å². The molecule has 6 heteroatoms. The van der Waals surface area contributed by atoms with Gasteiger partial charge in [-0.1, -0.05) is 6.92 Å². The van der Waals surface area contributed by atoms with E-state index in [-0.39, 0.29) is 17.9 Å². The van der Waals surface area contributed by atoms with Crippen molar-refractivity contribution in [2.45, 2.75) is 39.7 Å². The highest BCUT2D eigenvalue weighted by molar-refractivity contribution is 7.16. The summed E-state index contributed by atoms with van der Waals surface area (Å²) in [6, 6.07) is 1.57. The lowest BCUT2D eigenvalue weighted by Gasteiger charge is -2.27. The zero-order chi connectivity index (χ0) is 15.4. The van der Waals surface area contributed by atoms with Crippen LogP contribution in [0.5, 0.6) is 0 Å². The fourth-order valence-corrected chi connectivity index (χ4v) is 3.38. The fourth-order valence-electron chi connectivity index (χ4n) is 2.47. The van der Waals surface area contributed by atoms with Crippen molar-refractivity contribution in [3.8, 4) is 0 Å². The van der Waals surface area contributed by atoms with Gasteiger partial charge in [-0.15, -0.1) is 11.3 Å². The van der Waals surface area contributed by atoms with Gasteiger partial charge in [0.25, 0.3) is 0 Å². The Bertz CT molecular complexity index is 527. The van der Waals surface area contributed by atoms with Crippen molar-refractivity contribution >= 4 is 28.2 Å². The maximum Gasteiger partial charge on any atom is 0.341 e. The highest BCUT2D eigenvalue weighted by Crippen LogP contribution is 2.29. The second-order valence-corrected chi connectivity index (χ2v) is 6.70. The van der Waals surface area contributed by atoms with Gasteiger partial charge in [0, 0.05) is 4.88 Å². The first kappa shape index (κ1) is 16.0. The smallest absolute Gasteiger partial charge is 0.341 e. The molecule has 1 aromatic rings. The van der Waals surface area contributed by atoms with Crippen LogP contribution in [-0.4, -0.2) is 31.1 Å². The Morgan fingerprint density at radius 3 is 2.95 bits per heavy atom. The zero-order valence-electron chi connectivity index (χ0n) is 12.7. The molecule has 116 valence electrons. The molecule has 0 radical (unpaired) electrons. The van der Waals surface area contributed by atoms with E-state index in [2.05, 4.69) is 17.6 Å². The highest BCUT2D eigenvalue weighted by atomic mass is 32.1. The molecule has 1 amide bonds. The number of ether oxygens (including phenoxy) is 1. The van der Waals surface area contributed by atoms with E-state index in [4.69, 9.17) is 4.74 Å². The molecule has 1 aromatic heterocycles. The third kappa shape index (κ3) is 4.04. The van der Waals surface area contributed by atoms with Crippen LogP contribution in [0.3, 0.4) is 0 Å². The Balaban J connectivity index is 2.08. The number of nitrogens with one attached hydrogen (secondary N) is 2. The Morgan fingerprint density at radius 2 is 2.29 bits per heavy atom. The molecular formula is C15H22N2O3S. The van der Waals surface area contributed by atoms with Gasteiger partial charge in [-0.2, -0.15) is 0 Å². The summed E-state index contributed by atoms with van der Waals surface area (Å²) in [6.45, 7) is 7.00. The summed E-state index contributed by atoms with van der Waals surface area (Å²) in [5.74, 6) is 0.0765. The highest BCUT2D eigenvalue weighted by Gasteiger charge is 2.26. The van der Waals surface area contributed by atoms with Gasteiger partial charge in [-0.3, -0.25) is 4.79 Å². The number of carbonyl (C=O) groups is 2. The summed E-state index contributed by atoms with van der Waals surface area (Å²) >= 11 is 1.40. The number of esters is 1. The molecule has 1 saturated heterocycles. The Hall–Kier alpha value is -1.40. The van der Waals surface area contributed by atoms with Gasteiger partial charge in [0.2, 0.25) is 5.91 Å². The van der Waals surface area contributed by atoms with Gasteiger partial charge in [-0.25, -0.2) is 4.79 Å². The standard InChI is InChI=1S/C15H22N2O3S/c1-4-20-15(19)11-8-10(3)21-14(11)17-13(18)12-7-9(2)5-6-16-12/h8-9,12,16H,4-7H2,1-3H3,(H,17,18). The molecule has 1 aliphatic rings. The SMILES string of the molecule is CCOC(=O)c1cc(C)sc1NC(=O)C1CC(C)CCN1. The van der Waals surface area contributed by atoms with Crippen LogP contribution < -0.4 is 10.6 Å². The minimum absolute atomic E-state index is 0.0750. The van der Waals surface area contributed by atoms with E-state index in [0.717, 1.165) is 24.3 Å². The molecule has 5 nitrogen and oxygen atoms in total. The molecule has 2 unspecified atom stereocenters. The summed E-state index contributed by atoms with van der Waals surface area (Å²) in [7, 11) is 0. The first-order valence-corrected chi connectivity index (χ1v) is 8.14. The second kappa shape index (κ2) is 7.04. The first-order chi connectivity index (χ1) is 10.0. The van der Waals surface area contributed by atoms with Gasteiger partial charge in [-0.05, 0) is 45.2 Å². The van der Waals surface area contributed by atoms with Crippen LogP contribution >= 0.6 is 11.3 Å². The Morgan fingerprint density at radius 1 is 1.52 bits per heavy atom. The number of aryl methyl sites for hydroxylation is 1.